The molecule has 3 aromatic rings. The van der Waals surface area contributed by atoms with Crippen LogP contribution in [0.2, 0.25) is 0 Å². The monoisotopic (exact) mass is 385 g/mol. The second kappa shape index (κ2) is 7.63. The highest BCUT2D eigenvalue weighted by Gasteiger charge is 2.15. The Bertz CT molecular complexity index is 1040. The van der Waals surface area contributed by atoms with E-state index in [2.05, 4.69) is 15.0 Å². The number of hydrogen-bond acceptors (Lipinski definition) is 5. The molecule has 140 valence electrons. The zero-order valence-corrected chi connectivity index (χ0v) is 15.7. The van der Waals surface area contributed by atoms with Crippen LogP contribution < -0.4 is 10.0 Å². The van der Waals surface area contributed by atoms with Crippen molar-refractivity contribution in [3.8, 4) is 11.5 Å². The maximum Gasteiger partial charge on any atom is 0.230 e. The molecule has 3 rings (SSSR count). The summed E-state index contributed by atoms with van der Waals surface area (Å²) in [5.74, 6) is 0.832. The second-order valence-corrected chi connectivity index (χ2v) is 7.81. The van der Waals surface area contributed by atoms with Crippen LogP contribution in [0, 0.1) is 6.92 Å². The van der Waals surface area contributed by atoms with Gasteiger partial charge in [0.2, 0.25) is 21.8 Å². The molecule has 27 heavy (non-hydrogen) atoms. The lowest BCUT2D eigenvalue weighted by molar-refractivity contribution is -0.115. The van der Waals surface area contributed by atoms with E-state index in [0.29, 0.717) is 28.7 Å². The number of anilines is 2. The number of amides is 1. The molecule has 1 aromatic heterocycles. The molecule has 0 saturated heterocycles. The summed E-state index contributed by atoms with van der Waals surface area (Å²) >= 11 is 0. The van der Waals surface area contributed by atoms with Gasteiger partial charge in [-0.15, -0.1) is 0 Å². The Balaban J connectivity index is 1.65. The van der Waals surface area contributed by atoms with Gasteiger partial charge in [-0.2, -0.15) is 0 Å². The second-order valence-electron chi connectivity index (χ2n) is 6.06. The summed E-state index contributed by atoms with van der Waals surface area (Å²) < 4.78 is 30.4. The van der Waals surface area contributed by atoms with Gasteiger partial charge in [-0.25, -0.2) is 13.4 Å². The molecule has 0 aliphatic rings. The molecule has 8 heteroatoms. The molecule has 2 aromatic carbocycles. The van der Waals surface area contributed by atoms with Gasteiger partial charge in [0, 0.05) is 16.9 Å². The minimum Gasteiger partial charge on any atom is -0.441 e. The highest BCUT2D eigenvalue weighted by atomic mass is 32.2. The third-order valence-corrected chi connectivity index (χ3v) is 4.32. The molecule has 0 fully saturated rings. The smallest absolute Gasteiger partial charge is 0.230 e. The molecule has 2 N–H and O–H groups in total. The predicted molar refractivity (Wildman–Crippen MR) is 104 cm³/mol. The van der Waals surface area contributed by atoms with Gasteiger partial charge in [-0.05, 0) is 43.3 Å². The van der Waals surface area contributed by atoms with Crippen LogP contribution >= 0.6 is 0 Å². The summed E-state index contributed by atoms with van der Waals surface area (Å²) in [4.78, 5) is 16.7. The van der Waals surface area contributed by atoms with Crippen molar-refractivity contribution in [2.45, 2.75) is 13.3 Å². The molecule has 0 bridgehead atoms. The Labute approximate surface area is 157 Å². The van der Waals surface area contributed by atoms with Crippen molar-refractivity contribution in [3.05, 3.63) is 66.1 Å². The number of aromatic nitrogens is 1. The number of aryl methyl sites for hydroxylation is 1. The standard InChI is InChI=1S/C19H19N3O4S/c1-13-17(21-19(26-13)14-6-4-3-5-7-14)12-18(23)20-15-8-10-16(11-9-15)22-27(2,24)25/h3-11,22H,12H2,1-2H3,(H,20,23). The topological polar surface area (TPSA) is 101 Å². The van der Waals surface area contributed by atoms with Crippen molar-refractivity contribution < 1.29 is 17.6 Å². The zero-order chi connectivity index (χ0) is 19.4. The van der Waals surface area contributed by atoms with Gasteiger partial charge >= 0.3 is 0 Å². The molecule has 0 radical (unpaired) electrons. The Kier molecular flexibility index (Phi) is 5.27. The molecule has 0 unspecified atom stereocenters. The van der Waals surface area contributed by atoms with Crippen molar-refractivity contribution in [1.82, 2.24) is 4.98 Å². The lowest BCUT2D eigenvalue weighted by Gasteiger charge is -2.07. The predicted octanol–water partition coefficient (Wildman–Crippen LogP) is 3.20. The molecule has 0 spiro atoms. The van der Waals surface area contributed by atoms with Crippen LogP contribution in [0.5, 0.6) is 0 Å². The maximum absolute atomic E-state index is 12.3. The first-order chi connectivity index (χ1) is 12.8. The summed E-state index contributed by atoms with van der Waals surface area (Å²) in [5.41, 5.74) is 2.40. The molecule has 1 heterocycles. The van der Waals surface area contributed by atoms with Gasteiger partial charge in [0.1, 0.15) is 5.76 Å². The fourth-order valence-electron chi connectivity index (χ4n) is 2.49. The highest BCUT2D eigenvalue weighted by Crippen LogP contribution is 2.22. The third-order valence-electron chi connectivity index (χ3n) is 3.71. The first-order valence-corrected chi connectivity index (χ1v) is 10.1. The largest absolute Gasteiger partial charge is 0.441 e. The van der Waals surface area contributed by atoms with Gasteiger partial charge < -0.3 is 9.73 Å². The first-order valence-electron chi connectivity index (χ1n) is 8.19. The first kappa shape index (κ1) is 18.7. The molecule has 0 saturated carbocycles. The van der Waals surface area contributed by atoms with E-state index in [4.69, 9.17) is 4.42 Å². The van der Waals surface area contributed by atoms with E-state index in [0.717, 1.165) is 11.8 Å². The Morgan fingerprint density at radius 3 is 2.30 bits per heavy atom. The van der Waals surface area contributed by atoms with Crippen molar-refractivity contribution in [1.29, 1.82) is 0 Å². The lowest BCUT2D eigenvalue weighted by Crippen LogP contribution is -2.15. The Morgan fingerprint density at radius 1 is 1.04 bits per heavy atom. The minimum atomic E-state index is -3.34. The number of benzene rings is 2. The van der Waals surface area contributed by atoms with E-state index in [-0.39, 0.29) is 12.3 Å². The van der Waals surface area contributed by atoms with Gasteiger partial charge in [-0.1, -0.05) is 18.2 Å². The number of hydrogen-bond donors (Lipinski definition) is 2. The van der Waals surface area contributed by atoms with E-state index in [1.807, 2.05) is 30.3 Å². The molecular weight excluding hydrogens is 366 g/mol. The molecule has 1 amide bonds. The van der Waals surface area contributed by atoms with Gasteiger partial charge in [-0.3, -0.25) is 9.52 Å². The van der Waals surface area contributed by atoms with Crippen molar-refractivity contribution in [2.24, 2.45) is 0 Å². The number of sulfonamides is 1. The van der Waals surface area contributed by atoms with Crippen molar-refractivity contribution in [2.75, 3.05) is 16.3 Å². The van der Waals surface area contributed by atoms with Crippen molar-refractivity contribution in [3.63, 3.8) is 0 Å². The summed E-state index contributed by atoms with van der Waals surface area (Å²) in [6, 6.07) is 15.9. The van der Waals surface area contributed by atoms with Crippen LogP contribution in [0.3, 0.4) is 0 Å². The number of rotatable bonds is 6. The number of nitrogens with zero attached hydrogens (tertiary/aromatic N) is 1. The fraction of sp³-hybridized carbons (Fsp3) is 0.158. The van der Waals surface area contributed by atoms with Gasteiger partial charge in [0.05, 0.1) is 18.4 Å². The zero-order valence-electron chi connectivity index (χ0n) is 14.9. The van der Waals surface area contributed by atoms with E-state index in [1.165, 1.54) is 0 Å². The molecule has 0 aliphatic heterocycles. The van der Waals surface area contributed by atoms with Crippen molar-refractivity contribution >= 4 is 27.3 Å². The number of nitrogens with one attached hydrogen (secondary N) is 2. The molecule has 0 aliphatic carbocycles. The lowest BCUT2D eigenvalue weighted by atomic mass is 10.2. The summed E-state index contributed by atoms with van der Waals surface area (Å²) in [6.07, 6.45) is 1.15. The Morgan fingerprint density at radius 2 is 1.67 bits per heavy atom. The summed E-state index contributed by atoms with van der Waals surface area (Å²) in [6.45, 7) is 1.77. The third kappa shape index (κ3) is 5.18. The summed E-state index contributed by atoms with van der Waals surface area (Å²) in [7, 11) is -3.34. The summed E-state index contributed by atoms with van der Waals surface area (Å²) in [5, 5.41) is 2.76. The maximum atomic E-state index is 12.3. The van der Waals surface area contributed by atoms with E-state index in [9.17, 15) is 13.2 Å². The molecular formula is C19H19N3O4S. The van der Waals surface area contributed by atoms with Crippen LogP contribution in [0.25, 0.3) is 11.5 Å². The average Bonchev–Trinajstić information content (AvgIpc) is 2.97. The van der Waals surface area contributed by atoms with Crippen LogP contribution in [0.15, 0.2) is 59.0 Å². The Hall–Kier alpha value is -3.13. The average molecular weight is 385 g/mol. The van der Waals surface area contributed by atoms with Crippen LogP contribution in [-0.4, -0.2) is 25.6 Å². The van der Waals surface area contributed by atoms with E-state index in [1.54, 1.807) is 31.2 Å². The minimum absolute atomic E-state index is 0.0749. The molecule has 7 nitrogen and oxygen atoms in total. The van der Waals surface area contributed by atoms with E-state index < -0.39 is 10.0 Å². The van der Waals surface area contributed by atoms with Gasteiger partial charge in [0.25, 0.3) is 0 Å². The normalized spacial score (nSPS) is 11.2. The van der Waals surface area contributed by atoms with Crippen LogP contribution in [0.4, 0.5) is 11.4 Å². The van der Waals surface area contributed by atoms with Crippen LogP contribution in [-0.2, 0) is 21.2 Å². The SMILES string of the molecule is Cc1oc(-c2ccccc2)nc1CC(=O)Nc1ccc(NS(C)(=O)=O)cc1. The fourth-order valence-corrected chi connectivity index (χ4v) is 3.05. The van der Waals surface area contributed by atoms with E-state index >= 15 is 0 Å². The van der Waals surface area contributed by atoms with Crippen LogP contribution in [0.1, 0.15) is 11.5 Å². The molecule has 0 atom stereocenters. The number of oxazole rings is 1. The number of carbonyl (C=O) groups excluding carboxylic acids is 1. The quantitative estimate of drug-likeness (QED) is 0.678. The van der Waals surface area contributed by atoms with Gasteiger partial charge in [0.15, 0.2) is 0 Å². The highest BCUT2D eigenvalue weighted by molar-refractivity contribution is 7.92. The number of carbonyl (C=O) groups is 1.